The maximum Gasteiger partial charge on any atom is 0.240 e. The van der Waals surface area contributed by atoms with Gasteiger partial charge >= 0.3 is 0 Å². The van der Waals surface area contributed by atoms with E-state index >= 15 is 0 Å². The van der Waals surface area contributed by atoms with Crippen molar-refractivity contribution in [3.63, 3.8) is 0 Å². The molecule has 27 heavy (non-hydrogen) atoms. The standard InChI is InChI=1S/C20H30N4O3/c1-23-11-13-24(14-12-23)17-6-4-16(5-7-17)22-19(26)20(8-9-20)18(25)21-10-3-15-27-2/h4-7H,3,8-15H2,1-2H3,(H,21,25)(H,22,26). The van der Waals surface area contributed by atoms with Crippen LogP contribution in [0.4, 0.5) is 11.4 Å². The van der Waals surface area contributed by atoms with E-state index < -0.39 is 5.41 Å². The second kappa shape index (κ2) is 8.71. The number of methoxy groups -OCH3 is 1. The summed E-state index contributed by atoms with van der Waals surface area (Å²) in [4.78, 5) is 29.7. The number of rotatable bonds is 8. The monoisotopic (exact) mass is 374 g/mol. The van der Waals surface area contributed by atoms with Crippen molar-refractivity contribution in [3.05, 3.63) is 24.3 Å². The van der Waals surface area contributed by atoms with Crippen LogP contribution in [0, 0.1) is 5.41 Å². The van der Waals surface area contributed by atoms with Crippen LogP contribution < -0.4 is 15.5 Å². The fraction of sp³-hybridized carbons (Fsp3) is 0.600. The van der Waals surface area contributed by atoms with Crippen molar-refractivity contribution < 1.29 is 14.3 Å². The zero-order chi connectivity index (χ0) is 19.3. The Morgan fingerprint density at radius 1 is 1.07 bits per heavy atom. The van der Waals surface area contributed by atoms with E-state index in [1.165, 1.54) is 0 Å². The molecule has 1 saturated carbocycles. The first kappa shape index (κ1) is 19.6. The number of nitrogens with one attached hydrogen (secondary N) is 2. The van der Waals surface area contributed by atoms with E-state index in [0.717, 1.165) is 44.0 Å². The van der Waals surface area contributed by atoms with Gasteiger partial charge in [0.15, 0.2) is 0 Å². The quantitative estimate of drug-likeness (QED) is 0.530. The smallest absolute Gasteiger partial charge is 0.240 e. The van der Waals surface area contributed by atoms with Crippen LogP contribution in [0.5, 0.6) is 0 Å². The highest BCUT2D eigenvalue weighted by molar-refractivity contribution is 6.13. The number of hydrogen-bond donors (Lipinski definition) is 2. The first-order valence-electron chi connectivity index (χ1n) is 9.67. The third-order valence-electron chi connectivity index (χ3n) is 5.42. The Morgan fingerprint density at radius 3 is 2.33 bits per heavy atom. The van der Waals surface area contributed by atoms with Gasteiger partial charge in [0.05, 0.1) is 0 Å². The predicted octanol–water partition coefficient (Wildman–Crippen LogP) is 1.31. The zero-order valence-electron chi connectivity index (χ0n) is 16.3. The highest BCUT2D eigenvalue weighted by Gasteiger charge is 2.56. The molecular weight excluding hydrogens is 344 g/mol. The van der Waals surface area contributed by atoms with Crippen molar-refractivity contribution in [2.45, 2.75) is 19.3 Å². The van der Waals surface area contributed by atoms with Crippen LogP contribution in [0.1, 0.15) is 19.3 Å². The molecule has 7 heteroatoms. The minimum Gasteiger partial charge on any atom is -0.385 e. The molecule has 148 valence electrons. The van der Waals surface area contributed by atoms with Crippen molar-refractivity contribution in [3.8, 4) is 0 Å². The summed E-state index contributed by atoms with van der Waals surface area (Å²) in [5.74, 6) is -0.385. The zero-order valence-corrected chi connectivity index (χ0v) is 16.3. The van der Waals surface area contributed by atoms with E-state index in [0.29, 0.717) is 26.0 Å². The molecule has 1 aliphatic heterocycles. The molecule has 2 amide bonds. The number of nitrogens with zero attached hydrogens (tertiary/aromatic N) is 2. The van der Waals surface area contributed by atoms with Crippen molar-refractivity contribution in [1.82, 2.24) is 10.2 Å². The SMILES string of the molecule is COCCCNC(=O)C1(C(=O)Nc2ccc(N3CCN(C)CC3)cc2)CC1. The number of likely N-dealkylation sites (N-methyl/N-ethyl adjacent to an activating group) is 1. The van der Waals surface area contributed by atoms with E-state index in [1.807, 2.05) is 24.3 Å². The number of ether oxygens (including phenoxy) is 1. The van der Waals surface area contributed by atoms with Crippen LogP contribution in [0.3, 0.4) is 0 Å². The normalized spacial score (nSPS) is 18.8. The van der Waals surface area contributed by atoms with Gasteiger partial charge in [-0.2, -0.15) is 0 Å². The first-order valence-corrected chi connectivity index (χ1v) is 9.67. The Bertz CT molecular complexity index is 650. The number of anilines is 2. The number of piperazine rings is 1. The summed E-state index contributed by atoms with van der Waals surface area (Å²) in [5.41, 5.74) is 0.998. The van der Waals surface area contributed by atoms with Crippen LogP contribution >= 0.6 is 0 Å². The highest BCUT2D eigenvalue weighted by Crippen LogP contribution is 2.46. The van der Waals surface area contributed by atoms with Crippen LogP contribution in [-0.2, 0) is 14.3 Å². The molecule has 2 aliphatic rings. The summed E-state index contributed by atoms with van der Waals surface area (Å²) in [6, 6.07) is 7.90. The predicted molar refractivity (Wildman–Crippen MR) is 106 cm³/mol. The Morgan fingerprint density at radius 2 is 1.74 bits per heavy atom. The van der Waals surface area contributed by atoms with Crippen molar-refractivity contribution in [2.24, 2.45) is 5.41 Å². The molecule has 0 spiro atoms. The van der Waals surface area contributed by atoms with Gasteiger partial charge < -0.3 is 25.2 Å². The number of benzene rings is 1. The van der Waals surface area contributed by atoms with Gasteiger partial charge in [0.1, 0.15) is 5.41 Å². The molecule has 1 aliphatic carbocycles. The Hall–Kier alpha value is -2.12. The number of carbonyl (C=O) groups is 2. The summed E-state index contributed by atoms with van der Waals surface area (Å²) in [7, 11) is 3.77. The van der Waals surface area contributed by atoms with Gasteiger partial charge in [0.2, 0.25) is 11.8 Å². The van der Waals surface area contributed by atoms with E-state index in [-0.39, 0.29) is 11.8 Å². The number of hydrogen-bond acceptors (Lipinski definition) is 5. The molecule has 0 unspecified atom stereocenters. The third kappa shape index (κ3) is 4.78. The fourth-order valence-corrected chi connectivity index (χ4v) is 3.34. The van der Waals surface area contributed by atoms with E-state index in [2.05, 4.69) is 27.5 Å². The Kier molecular flexibility index (Phi) is 6.34. The van der Waals surface area contributed by atoms with Crippen molar-refractivity contribution >= 4 is 23.2 Å². The van der Waals surface area contributed by atoms with Crippen molar-refractivity contribution in [1.29, 1.82) is 0 Å². The van der Waals surface area contributed by atoms with Gasteiger partial charge in [0, 0.05) is 57.8 Å². The fourth-order valence-electron chi connectivity index (χ4n) is 3.34. The highest BCUT2D eigenvalue weighted by atomic mass is 16.5. The lowest BCUT2D eigenvalue weighted by molar-refractivity contribution is -0.134. The van der Waals surface area contributed by atoms with Gasteiger partial charge in [-0.3, -0.25) is 9.59 Å². The maximum atomic E-state index is 12.6. The third-order valence-corrected chi connectivity index (χ3v) is 5.42. The van der Waals surface area contributed by atoms with E-state index in [4.69, 9.17) is 4.74 Å². The molecule has 3 rings (SSSR count). The summed E-state index contributed by atoms with van der Waals surface area (Å²) in [5, 5.41) is 5.77. The molecule has 1 aromatic carbocycles. The average Bonchev–Trinajstić information content (AvgIpc) is 3.49. The summed E-state index contributed by atoms with van der Waals surface area (Å²) >= 11 is 0. The molecule has 1 saturated heterocycles. The molecule has 7 nitrogen and oxygen atoms in total. The molecule has 1 heterocycles. The molecule has 0 bridgehead atoms. The molecule has 0 aromatic heterocycles. The molecule has 1 aromatic rings. The topological polar surface area (TPSA) is 73.9 Å². The van der Waals surface area contributed by atoms with Crippen LogP contribution in [0.25, 0.3) is 0 Å². The second-order valence-corrected chi connectivity index (χ2v) is 7.48. The lowest BCUT2D eigenvalue weighted by Crippen LogP contribution is -2.44. The molecule has 0 atom stereocenters. The van der Waals surface area contributed by atoms with E-state index in [1.54, 1.807) is 7.11 Å². The van der Waals surface area contributed by atoms with Gasteiger partial charge in [-0.25, -0.2) is 0 Å². The Balaban J connectivity index is 1.52. The lowest BCUT2D eigenvalue weighted by atomic mass is 10.0. The maximum absolute atomic E-state index is 12.6. The number of carbonyl (C=O) groups excluding carboxylic acids is 2. The summed E-state index contributed by atoms with van der Waals surface area (Å²) in [6.45, 7) is 5.25. The van der Waals surface area contributed by atoms with Gasteiger partial charge in [-0.15, -0.1) is 0 Å². The van der Waals surface area contributed by atoms with E-state index in [9.17, 15) is 9.59 Å². The summed E-state index contributed by atoms with van der Waals surface area (Å²) < 4.78 is 4.97. The van der Waals surface area contributed by atoms with Crippen LogP contribution in [0.2, 0.25) is 0 Å². The first-order chi connectivity index (χ1) is 13.0. The molecular formula is C20H30N4O3. The molecule has 0 radical (unpaired) electrons. The summed E-state index contributed by atoms with van der Waals surface area (Å²) in [6.07, 6.45) is 1.95. The second-order valence-electron chi connectivity index (χ2n) is 7.48. The minimum absolute atomic E-state index is 0.176. The largest absolute Gasteiger partial charge is 0.385 e. The number of amides is 2. The molecule has 2 fully saturated rings. The minimum atomic E-state index is -0.900. The van der Waals surface area contributed by atoms with Gasteiger partial charge in [-0.05, 0) is 50.6 Å². The van der Waals surface area contributed by atoms with Crippen molar-refractivity contribution in [2.75, 3.05) is 63.7 Å². The van der Waals surface area contributed by atoms with Crippen LogP contribution in [0.15, 0.2) is 24.3 Å². The van der Waals surface area contributed by atoms with Gasteiger partial charge in [-0.1, -0.05) is 0 Å². The van der Waals surface area contributed by atoms with Crippen LogP contribution in [-0.4, -0.2) is 70.2 Å². The van der Waals surface area contributed by atoms with Gasteiger partial charge in [0.25, 0.3) is 0 Å². The Labute approximate surface area is 161 Å². The average molecular weight is 374 g/mol. The lowest BCUT2D eigenvalue weighted by Gasteiger charge is -2.34. The molecule has 2 N–H and O–H groups in total.